The van der Waals surface area contributed by atoms with Crippen LogP contribution in [0.25, 0.3) is 0 Å². The third-order valence-electron chi connectivity index (χ3n) is 5.95. The van der Waals surface area contributed by atoms with Crippen molar-refractivity contribution < 1.29 is 22.7 Å². The van der Waals surface area contributed by atoms with Crippen LogP contribution in [0.1, 0.15) is 41.2 Å². The molecule has 0 aromatic heterocycles. The van der Waals surface area contributed by atoms with E-state index in [1.54, 1.807) is 24.3 Å². The van der Waals surface area contributed by atoms with E-state index in [9.17, 15) is 13.2 Å². The number of carbonyl (C=O) groups is 1. The van der Waals surface area contributed by atoms with Gasteiger partial charge in [0, 0.05) is 18.7 Å². The Morgan fingerprint density at radius 2 is 1.80 bits per heavy atom. The molecule has 1 atom stereocenters. The molecule has 0 aliphatic carbocycles. The molecule has 7 nitrogen and oxygen atoms in total. The molecule has 30 heavy (non-hydrogen) atoms. The summed E-state index contributed by atoms with van der Waals surface area (Å²) < 4.78 is 37.2. The minimum absolute atomic E-state index is 0.0347. The van der Waals surface area contributed by atoms with Gasteiger partial charge in [-0.05, 0) is 55.2 Å². The van der Waals surface area contributed by atoms with Crippen molar-refractivity contribution in [2.45, 2.75) is 25.3 Å². The molecule has 3 aliphatic rings. The number of carbonyl (C=O) groups excluding carboxylic acids is 1. The summed E-state index contributed by atoms with van der Waals surface area (Å²) in [6.45, 7) is 2.20. The third kappa shape index (κ3) is 3.39. The molecule has 2 fully saturated rings. The Bertz CT molecular complexity index is 1080. The fourth-order valence-electron chi connectivity index (χ4n) is 4.51. The van der Waals surface area contributed by atoms with E-state index in [2.05, 4.69) is 0 Å². The summed E-state index contributed by atoms with van der Waals surface area (Å²) in [7, 11) is -3.28. The molecular weight excluding hydrogens is 404 g/mol. The van der Waals surface area contributed by atoms with Crippen molar-refractivity contribution in [2.24, 2.45) is 0 Å². The van der Waals surface area contributed by atoms with Gasteiger partial charge in [0.05, 0.1) is 17.5 Å². The summed E-state index contributed by atoms with van der Waals surface area (Å²) in [4.78, 5) is 15.2. The largest absolute Gasteiger partial charge is 0.486 e. The van der Waals surface area contributed by atoms with Gasteiger partial charge in [-0.3, -0.25) is 9.10 Å². The van der Waals surface area contributed by atoms with Crippen molar-refractivity contribution in [3.05, 3.63) is 53.6 Å². The van der Waals surface area contributed by atoms with E-state index in [0.29, 0.717) is 44.0 Å². The van der Waals surface area contributed by atoms with Gasteiger partial charge >= 0.3 is 0 Å². The molecule has 2 aromatic rings. The molecule has 158 valence electrons. The molecule has 3 heterocycles. The fourth-order valence-corrected chi connectivity index (χ4v) is 6.07. The highest BCUT2D eigenvalue weighted by Crippen LogP contribution is 2.39. The van der Waals surface area contributed by atoms with Crippen molar-refractivity contribution in [1.29, 1.82) is 0 Å². The Morgan fingerprint density at radius 3 is 2.60 bits per heavy atom. The van der Waals surface area contributed by atoms with Crippen LogP contribution in [0, 0.1) is 0 Å². The fraction of sp³-hybridized carbons (Fsp3) is 0.409. The second kappa shape index (κ2) is 7.50. The maximum Gasteiger partial charge on any atom is 0.254 e. The quantitative estimate of drug-likeness (QED) is 0.751. The van der Waals surface area contributed by atoms with Gasteiger partial charge in [-0.2, -0.15) is 0 Å². The first-order valence-electron chi connectivity index (χ1n) is 10.3. The van der Waals surface area contributed by atoms with E-state index in [1.807, 2.05) is 23.1 Å². The highest BCUT2D eigenvalue weighted by Gasteiger charge is 2.33. The molecule has 2 aromatic carbocycles. The summed E-state index contributed by atoms with van der Waals surface area (Å²) in [5.74, 6) is 1.54. The lowest BCUT2D eigenvalue weighted by Crippen LogP contribution is -2.31. The van der Waals surface area contributed by atoms with Crippen LogP contribution in [0.15, 0.2) is 42.5 Å². The molecule has 0 radical (unpaired) electrons. The molecule has 0 spiro atoms. The smallest absolute Gasteiger partial charge is 0.254 e. The van der Waals surface area contributed by atoms with Crippen LogP contribution < -0.4 is 13.8 Å². The monoisotopic (exact) mass is 428 g/mol. The molecule has 8 heteroatoms. The van der Waals surface area contributed by atoms with Gasteiger partial charge in [0.1, 0.15) is 13.2 Å². The first kappa shape index (κ1) is 19.2. The summed E-state index contributed by atoms with van der Waals surface area (Å²) >= 11 is 0. The number of rotatable bonds is 3. The van der Waals surface area contributed by atoms with Gasteiger partial charge in [-0.25, -0.2) is 8.42 Å². The Labute approximate surface area is 176 Å². The topological polar surface area (TPSA) is 76.2 Å². The average Bonchev–Trinajstić information content (AvgIpc) is 3.39. The van der Waals surface area contributed by atoms with E-state index in [-0.39, 0.29) is 17.7 Å². The van der Waals surface area contributed by atoms with Crippen LogP contribution >= 0.6 is 0 Å². The van der Waals surface area contributed by atoms with Crippen molar-refractivity contribution >= 4 is 21.6 Å². The van der Waals surface area contributed by atoms with Crippen LogP contribution in [0.3, 0.4) is 0 Å². The summed E-state index contributed by atoms with van der Waals surface area (Å²) in [5, 5.41) is 0. The molecule has 2 saturated heterocycles. The van der Waals surface area contributed by atoms with E-state index >= 15 is 0 Å². The number of likely N-dealkylation sites (tertiary alicyclic amines) is 1. The summed E-state index contributed by atoms with van der Waals surface area (Å²) in [5.41, 5.74) is 2.11. The number of fused-ring (bicyclic) bond motifs is 1. The third-order valence-corrected chi connectivity index (χ3v) is 7.81. The van der Waals surface area contributed by atoms with Gasteiger partial charge in [-0.1, -0.05) is 12.1 Å². The minimum Gasteiger partial charge on any atom is -0.486 e. The standard InChI is InChI=1S/C22H24N2O5S/c25-22(17-4-1-5-18(14-17)24-10-3-13-30(24,26)27)23-9-2-6-19(23)16-7-8-20-21(15-16)29-12-11-28-20/h1,4-5,7-8,14-15,19H,2-3,6,9-13H2. The van der Waals surface area contributed by atoms with Gasteiger partial charge in [0.15, 0.2) is 11.5 Å². The number of nitrogens with zero attached hydrogens (tertiary/aromatic N) is 2. The Kier molecular flexibility index (Phi) is 4.81. The lowest BCUT2D eigenvalue weighted by molar-refractivity contribution is 0.0735. The average molecular weight is 429 g/mol. The van der Waals surface area contributed by atoms with Crippen molar-refractivity contribution in [3.8, 4) is 11.5 Å². The lowest BCUT2D eigenvalue weighted by atomic mass is 10.0. The number of sulfonamides is 1. The molecule has 0 N–H and O–H groups in total. The highest BCUT2D eigenvalue weighted by atomic mass is 32.2. The van der Waals surface area contributed by atoms with Gasteiger partial charge in [0.2, 0.25) is 10.0 Å². The Hall–Kier alpha value is -2.74. The second-order valence-electron chi connectivity index (χ2n) is 7.85. The zero-order chi connectivity index (χ0) is 20.7. The lowest BCUT2D eigenvalue weighted by Gasteiger charge is -2.27. The SMILES string of the molecule is O=C(c1cccc(N2CCCS2(=O)=O)c1)N1CCCC1c1ccc2c(c1)OCCO2. The van der Waals surface area contributed by atoms with E-state index in [1.165, 1.54) is 4.31 Å². The van der Waals surface area contributed by atoms with E-state index in [0.717, 1.165) is 29.9 Å². The number of hydrogen-bond acceptors (Lipinski definition) is 5. The number of amides is 1. The van der Waals surface area contributed by atoms with E-state index < -0.39 is 10.0 Å². The first-order chi connectivity index (χ1) is 14.5. The van der Waals surface area contributed by atoms with Crippen LogP contribution in [-0.2, 0) is 10.0 Å². The van der Waals surface area contributed by atoms with Gasteiger partial charge < -0.3 is 14.4 Å². The van der Waals surface area contributed by atoms with Crippen molar-refractivity contribution in [1.82, 2.24) is 4.90 Å². The summed E-state index contributed by atoms with van der Waals surface area (Å²) in [6, 6.07) is 12.8. The molecule has 5 rings (SSSR count). The normalized spacial score (nSPS) is 22.3. The summed E-state index contributed by atoms with van der Waals surface area (Å²) in [6.07, 6.45) is 2.41. The van der Waals surface area contributed by atoms with Crippen molar-refractivity contribution in [3.63, 3.8) is 0 Å². The predicted octanol–water partition coefficient (Wildman–Crippen LogP) is 2.98. The van der Waals surface area contributed by atoms with E-state index in [4.69, 9.17) is 9.47 Å². The maximum absolute atomic E-state index is 13.3. The Morgan fingerprint density at radius 1 is 0.967 bits per heavy atom. The first-order valence-corrected chi connectivity index (χ1v) is 11.9. The van der Waals surface area contributed by atoms with Gasteiger partial charge in [0.25, 0.3) is 5.91 Å². The molecule has 1 amide bonds. The van der Waals surface area contributed by atoms with Crippen LogP contribution in [0.4, 0.5) is 5.69 Å². The Balaban J connectivity index is 1.41. The number of benzene rings is 2. The molecular formula is C22H24N2O5S. The number of hydrogen-bond donors (Lipinski definition) is 0. The molecule has 0 saturated carbocycles. The van der Waals surface area contributed by atoms with Gasteiger partial charge in [-0.15, -0.1) is 0 Å². The van der Waals surface area contributed by atoms with Crippen LogP contribution in [0.5, 0.6) is 11.5 Å². The molecule has 3 aliphatic heterocycles. The number of anilines is 1. The molecule has 0 bridgehead atoms. The predicted molar refractivity (Wildman–Crippen MR) is 113 cm³/mol. The maximum atomic E-state index is 13.3. The van der Waals surface area contributed by atoms with Crippen LogP contribution in [-0.4, -0.2) is 51.3 Å². The highest BCUT2D eigenvalue weighted by molar-refractivity contribution is 7.93. The number of ether oxygens (including phenoxy) is 2. The molecule has 1 unspecified atom stereocenters. The zero-order valence-corrected chi connectivity index (χ0v) is 17.4. The van der Waals surface area contributed by atoms with Crippen LogP contribution in [0.2, 0.25) is 0 Å². The zero-order valence-electron chi connectivity index (χ0n) is 16.6. The van der Waals surface area contributed by atoms with Crippen molar-refractivity contribution in [2.75, 3.05) is 36.4 Å². The minimum atomic E-state index is -3.28. The second-order valence-corrected chi connectivity index (χ2v) is 9.86.